The van der Waals surface area contributed by atoms with Gasteiger partial charge in [-0.1, -0.05) is 6.07 Å². The molecule has 0 amide bonds. The van der Waals surface area contributed by atoms with Crippen molar-refractivity contribution in [3.8, 4) is 0 Å². The van der Waals surface area contributed by atoms with Crippen molar-refractivity contribution >= 4 is 5.69 Å². The molecule has 1 saturated carbocycles. The predicted molar refractivity (Wildman–Crippen MR) is 70.2 cm³/mol. The summed E-state index contributed by atoms with van der Waals surface area (Å²) < 4.78 is 39.2. The smallest absolute Gasteiger partial charge is 0.372 e. The Hall–Kier alpha value is -1.23. The molecule has 1 aliphatic rings. The Balaban J connectivity index is 2.31. The van der Waals surface area contributed by atoms with Gasteiger partial charge in [0, 0.05) is 18.8 Å². The third kappa shape index (κ3) is 3.03. The molecule has 1 fully saturated rings. The monoisotopic (exact) mass is 272 g/mol. The van der Waals surface area contributed by atoms with Crippen LogP contribution in [0.5, 0.6) is 0 Å². The van der Waals surface area contributed by atoms with Crippen molar-refractivity contribution in [2.24, 2.45) is 5.73 Å². The molecule has 2 nitrogen and oxygen atoms in total. The van der Waals surface area contributed by atoms with Gasteiger partial charge in [0.15, 0.2) is 0 Å². The highest BCUT2D eigenvalue weighted by atomic mass is 19.4. The second-order valence-corrected chi connectivity index (χ2v) is 5.07. The van der Waals surface area contributed by atoms with Gasteiger partial charge in [0.1, 0.15) is 0 Å². The fourth-order valence-corrected chi connectivity index (χ4v) is 2.41. The van der Waals surface area contributed by atoms with E-state index in [1.165, 1.54) is 6.07 Å². The minimum Gasteiger partial charge on any atom is -0.372 e. The van der Waals surface area contributed by atoms with Crippen molar-refractivity contribution in [1.82, 2.24) is 0 Å². The quantitative estimate of drug-likeness (QED) is 0.912. The number of rotatable bonds is 4. The maximum atomic E-state index is 13.1. The second-order valence-electron chi connectivity index (χ2n) is 5.07. The molecule has 0 atom stereocenters. The van der Waals surface area contributed by atoms with Gasteiger partial charge in [-0.15, -0.1) is 0 Å². The first kappa shape index (κ1) is 14.2. The van der Waals surface area contributed by atoms with Crippen LogP contribution in [0, 0.1) is 0 Å². The molecular formula is C14H19F3N2. The molecule has 0 spiro atoms. The largest absolute Gasteiger partial charge is 0.416 e. The van der Waals surface area contributed by atoms with E-state index in [0.717, 1.165) is 19.3 Å². The van der Waals surface area contributed by atoms with Crippen LogP contribution in [0.3, 0.4) is 0 Å². The summed E-state index contributed by atoms with van der Waals surface area (Å²) in [6, 6.07) is 4.95. The minimum atomic E-state index is -4.32. The second kappa shape index (κ2) is 5.41. The van der Waals surface area contributed by atoms with Gasteiger partial charge in [-0.2, -0.15) is 13.2 Å². The van der Waals surface area contributed by atoms with Crippen LogP contribution in [0.1, 0.15) is 30.4 Å². The Morgan fingerprint density at radius 2 is 2.00 bits per heavy atom. The van der Waals surface area contributed by atoms with Crippen LogP contribution < -0.4 is 10.6 Å². The number of hydrogen-bond donors (Lipinski definition) is 1. The Kier molecular flexibility index (Phi) is 4.04. The van der Waals surface area contributed by atoms with E-state index in [0.29, 0.717) is 11.7 Å². The van der Waals surface area contributed by atoms with Crippen LogP contribution in [0.4, 0.5) is 18.9 Å². The normalized spacial score (nSPS) is 16.3. The Morgan fingerprint density at radius 3 is 2.47 bits per heavy atom. The lowest BCUT2D eigenvalue weighted by molar-refractivity contribution is -0.138. The third-order valence-corrected chi connectivity index (χ3v) is 3.84. The molecule has 19 heavy (non-hydrogen) atoms. The Morgan fingerprint density at radius 1 is 1.32 bits per heavy atom. The molecule has 106 valence electrons. The topological polar surface area (TPSA) is 29.3 Å². The number of anilines is 1. The Bertz CT molecular complexity index is 439. The van der Waals surface area contributed by atoms with Crippen LogP contribution in [-0.4, -0.2) is 19.6 Å². The van der Waals surface area contributed by atoms with Crippen molar-refractivity contribution in [2.45, 2.75) is 37.9 Å². The van der Waals surface area contributed by atoms with E-state index in [4.69, 9.17) is 5.73 Å². The van der Waals surface area contributed by atoms with E-state index >= 15 is 0 Å². The molecule has 0 radical (unpaired) electrons. The summed E-state index contributed by atoms with van der Waals surface area (Å²) in [5, 5.41) is 0. The summed E-state index contributed by atoms with van der Waals surface area (Å²) in [6.45, 7) is 0.223. The molecule has 1 aliphatic carbocycles. The van der Waals surface area contributed by atoms with Crippen molar-refractivity contribution in [3.63, 3.8) is 0 Å². The van der Waals surface area contributed by atoms with E-state index in [1.807, 2.05) is 11.9 Å². The number of alkyl halides is 3. The zero-order valence-electron chi connectivity index (χ0n) is 11.0. The first-order valence-electron chi connectivity index (χ1n) is 6.56. The summed E-state index contributed by atoms with van der Waals surface area (Å²) in [5.74, 6) is 0. The number of nitrogens with two attached hydrogens (primary N) is 1. The molecule has 2 N–H and O–H groups in total. The molecule has 5 heteroatoms. The van der Waals surface area contributed by atoms with E-state index in [9.17, 15) is 13.2 Å². The summed E-state index contributed by atoms with van der Waals surface area (Å²) >= 11 is 0. The SMILES string of the molecule is CN(c1ccc(CCN)c(C(F)(F)F)c1)C1CCC1. The maximum Gasteiger partial charge on any atom is 0.416 e. The van der Waals surface area contributed by atoms with Crippen LogP contribution >= 0.6 is 0 Å². The van der Waals surface area contributed by atoms with E-state index in [-0.39, 0.29) is 18.5 Å². The van der Waals surface area contributed by atoms with Gasteiger partial charge in [-0.3, -0.25) is 0 Å². The highest BCUT2D eigenvalue weighted by Gasteiger charge is 2.34. The summed E-state index contributed by atoms with van der Waals surface area (Å²) in [4.78, 5) is 1.95. The first-order chi connectivity index (χ1) is 8.93. The highest BCUT2D eigenvalue weighted by Crippen LogP contribution is 2.36. The van der Waals surface area contributed by atoms with Crippen LogP contribution in [0.15, 0.2) is 18.2 Å². The lowest BCUT2D eigenvalue weighted by Crippen LogP contribution is -2.37. The molecule has 1 aromatic rings. The molecule has 0 heterocycles. The average Bonchev–Trinajstić information content (AvgIpc) is 2.26. The van der Waals surface area contributed by atoms with Gasteiger partial charge >= 0.3 is 6.18 Å². The van der Waals surface area contributed by atoms with Gasteiger partial charge in [0.2, 0.25) is 0 Å². The zero-order valence-corrected chi connectivity index (χ0v) is 11.0. The predicted octanol–water partition coefficient (Wildman–Crippen LogP) is 3.20. The van der Waals surface area contributed by atoms with Crippen molar-refractivity contribution in [1.29, 1.82) is 0 Å². The molecule has 0 bridgehead atoms. The lowest BCUT2D eigenvalue weighted by Gasteiger charge is -2.36. The fourth-order valence-electron chi connectivity index (χ4n) is 2.41. The van der Waals surface area contributed by atoms with Crippen molar-refractivity contribution in [2.75, 3.05) is 18.5 Å². The zero-order chi connectivity index (χ0) is 14.0. The van der Waals surface area contributed by atoms with E-state index in [1.54, 1.807) is 12.1 Å². The number of nitrogens with zero attached hydrogens (tertiary/aromatic N) is 1. The van der Waals surface area contributed by atoms with Gasteiger partial charge in [-0.25, -0.2) is 0 Å². The summed E-state index contributed by atoms with van der Waals surface area (Å²) in [7, 11) is 1.86. The van der Waals surface area contributed by atoms with Gasteiger partial charge in [0.05, 0.1) is 5.56 Å². The van der Waals surface area contributed by atoms with E-state index < -0.39 is 11.7 Å². The summed E-state index contributed by atoms with van der Waals surface area (Å²) in [6.07, 6.45) is -0.791. The molecule has 2 rings (SSSR count). The first-order valence-corrected chi connectivity index (χ1v) is 6.56. The van der Waals surface area contributed by atoms with Gasteiger partial charge in [-0.05, 0) is 49.9 Å². The molecular weight excluding hydrogens is 253 g/mol. The van der Waals surface area contributed by atoms with Crippen LogP contribution in [0.25, 0.3) is 0 Å². The number of hydrogen-bond acceptors (Lipinski definition) is 2. The van der Waals surface area contributed by atoms with Gasteiger partial charge < -0.3 is 10.6 Å². The highest BCUT2D eigenvalue weighted by molar-refractivity contribution is 5.52. The van der Waals surface area contributed by atoms with Crippen molar-refractivity contribution < 1.29 is 13.2 Å². The van der Waals surface area contributed by atoms with Crippen LogP contribution in [-0.2, 0) is 12.6 Å². The third-order valence-electron chi connectivity index (χ3n) is 3.84. The molecule has 0 unspecified atom stereocenters. The standard InChI is InChI=1S/C14H19F3N2/c1-19(11-3-2-4-11)12-6-5-10(7-8-18)13(9-12)14(15,16)17/h5-6,9,11H,2-4,7-8,18H2,1H3. The summed E-state index contributed by atoms with van der Waals surface area (Å²) in [5.41, 5.74) is 5.73. The molecule has 0 aromatic heterocycles. The number of halogens is 3. The molecule has 0 aliphatic heterocycles. The molecule has 1 aromatic carbocycles. The fraction of sp³-hybridized carbons (Fsp3) is 0.571. The molecule has 0 saturated heterocycles. The average molecular weight is 272 g/mol. The minimum absolute atomic E-state index is 0.223. The maximum absolute atomic E-state index is 13.1. The lowest BCUT2D eigenvalue weighted by atomic mass is 9.91. The Labute approximate surface area is 111 Å². The van der Waals surface area contributed by atoms with E-state index in [2.05, 4.69) is 0 Å². The van der Waals surface area contributed by atoms with Crippen molar-refractivity contribution in [3.05, 3.63) is 29.3 Å². The number of benzene rings is 1. The van der Waals surface area contributed by atoms with Gasteiger partial charge in [0.25, 0.3) is 0 Å². The van der Waals surface area contributed by atoms with Crippen LogP contribution in [0.2, 0.25) is 0 Å².